The Morgan fingerprint density at radius 3 is 0.642 bits per heavy atom. The normalized spacial score (nSPS) is 10.8. The molecule has 0 fully saturated rings. The van der Waals surface area contributed by atoms with Gasteiger partial charge in [-0.15, -0.1) is 0 Å². The first kappa shape index (κ1) is 57.1. The summed E-state index contributed by atoms with van der Waals surface area (Å²) < 4.78 is 3.33. The number of rotatable bonds is 42. The molecule has 0 aromatic rings. The van der Waals surface area contributed by atoms with Gasteiger partial charge in [-0.1, -0.05) is 117 Å². The Bertz CT molecular complexity index is 601. The van der Waals surface area contributed by atoms with Gasteiger partial charge < -0.3 is 10.2 Å². The molecular weight excluding hydrogens is 759 g/mol. The number of carboxylic acids is 2. The molecule has 0 amide bonds. The summed E-state index contributed by atoms with van der Waals surface area (Å²) in [4.78, 5) is 20.4. The van der Waals surface area contributed by atoms with Crippen molar-refractivity contribution < 1.29 is 19.8 Å². The number of unbranched alkanes of at least 4 members (excludes halogenated alkanes) is 34. The third-order valence-electron chi connectivity index (χ3n) is 10.4. The summed E-state index contributed by atoms with van der Waals surface area (Å²) >= 11 is 0.0377. The summed E-state index contributed by atoms with van der Waals surface area (Å²) in [5.74, 6) is -1.32. The van der Waals surface area contributed by atoms with Gasteiger partial charge in [-0.25, -0.2) is 0 Å². The molecule has 0 atom stereocenters. The summed E-state index contributed by atoms with van der Waals surface area (Å²) in [7, 11) is 0. The number of hydrogen-bond donors (Lipinski definition) is 2. The first-order valence-corrected chi connectivity index (χ1v) is 28.1. The van der Waals surface area contributed by atoms with E-state index >= 15 is 0 Å². The van der Waals surface area contributed by atoms with Crippen molar-refractivity contribution in [3.05, 3.63) is 0 Å². The Morgan fingerprint density at radius 1 is 0.283 bits per heavy atom. The van der Waals surface area contributed by atoms with Crippen LogP contribution in [0.25, 0.3) is 0 Å². The molecule has 0 aliphatic carbocycles. The molecule has 0 saturated carbocycles. The van der Waals surface area contributed by atoms with Crippen LogP contribution in [0.3, 0.4) is 0 Å². The van der Waals surface area contributed by atoms with E-state index in [1.54, 1.807) is 21.7 Å². The van der Waals surface area contributed by atoms with Crippen molar-refractivity contribution in [2.75, 3.05) is 0 Å². The molecule has 0 saturated heterocycles. The fraction of sp³-hybridized carbons (Fsp3) is 0.958. The van der Waals surface area contributed by atoms with Gasteiger partial charge in [0.25, 0.3) is 0 Å². The van der Waals surface area contributed by atoms with Crippen LogP contribution >= 0.6 is 0 Å². The molecule has 0 aromatic carbocycles. The van der Waals surface area contributed by atoms with Gasteiger partial charge in [0.15, 0.2) is 0 Å². The van der Waals surface area contributed by atoms with Crippen molar-refractivity contribution in [3.8, 4) is 0 Å². The number of carbonyl (C=O) groups is 2. The number of aliphatic carboxylic acids is 2. The average Bonchev–Trinajstić information content (AvgIpc) is 3.14. The zero-order valence-corrected chi connectivity index (χ0v) is 39.8. The van der Waals surface area contributed by atoms with Crippen LogP contribution in [0.4, 0.5) is 0 Å². The Morgan fingerprint density at radius 2 is 0.453 bits per heavy atom. The zero-order valence-electron chi connectivity index (χ0n) is 36.9. The molecule has 2 N–H and O–H groups in total. The van der Waals surface area contributed by atoms with Gasteiger partial charge >= 0.3 is 184 Å². The zero-order chi connectivity index (χ0) is 39.6. The van der Waals surface area contributed by atoms with Crippen molar-refractivity contribution in [3.63, 3.8) is 0 Å². The third kappa shape index (κ3) is 66.9. The molecule has 0 aromatic heterocycles. The second-order valence-corrected chi connectivity index (χ2v) is 20.3. The van der Waals surface area contributed by atoms with Crippen molar-refractivity contribution in [2.24, 2.45) is 0 Å². The van der Waals surface area contributed by atoms with E-state index < -0.39 is 11.9 Å². The molecule has 0 aliphatic heterocycles. The van der Waals surface area contributed by atoms with Crippen LogP contribution in [0, 0.1) is 0 Å². The molecule has 0 heterocycles. The van der Waals surface area contributed by atoms with Gasteiger partial charge in [0.2, 0.25) is 0 Å². The van der Waals surface area contributed by atoms with Crippen LogP contribution in [0.5, 0.6) is 0 Å². The molecule has 5 heteroatoms. The predicted octanol–water partition coefficient (Wildman–Crippen LogP) is 17.4. The summed E-state index contributed by atoms with van der Waals surface area (Å²) in [6.07, 6.45) is 52.8. The second-order valence-electron chi connectivity index (χ2n) is 16.1. The van der Waals surface area contributed by atoms with Crippen LogP contribution in [-0.2, 0) is 9.59 Å². The molecule has 4 nitrogen and oxygen atoms in total. The van der Waals surface area contributed by atoms with Crippen molar-refractivity contribution in [2.45, 2.75) is 293 Å². The van der Waals surface area contributed by atoms with Gasteiger partial charge in [-0.2, -0.15) is 0 Å². The molecular formula is C48H98O4Sn. The van der Waals surface area contributed by atoms with Crippen LogP contribution < -0.4 is 0 Å². The van der Waals surface area contributed by atoms with Crippen LogP contribution in [0.2, 0.25) is 8.87 Å². The average molecular weight is 858 g/mol. The van der Waals surface area contributed by atoms with Crippen molar-refractivity contribution >= 4 is 33.1 Å². The summed E-state index contributed by atoms with van der Waals surface area (Å²) in [6, 6.07) is 0. The van der Waals surface area contributed by atoms with E-state index in [-0.39, 0.29) is 21.1 Å². The van der Waals surface area contributed by atoms with E-state index in [2.05, 4.69) is 27.7 Å². The van der Waals surface area contributed by atoms with Crippen LogP contribution in [0.15, 0.2) is 0 Å². The fourth-order valence-corrected chi connectivity index (χ4v) is 10.3. The first-order valence-electron chi connectivity index (χ1n) is 24.1. The molecule has 0 rings (SSSR count). The van der Waals surface area contributed by atoms with Gasteiger partial charge in [0, 0.05) is 12.8 Å². The molecule has 2 radical (unpaired) electrons. The minimum absolute atomic E-state index is 0.0377. The predicted molar refractivity (Wildman–Crippen MR) is 238 cm³/mol. The van der Waals surface area contributed by atoms with Crippen molar-refractivity contribution in [1.82, 2.24) is 0 Å². The quantitative estimate of drug-likeness (QED) is 0.0474. The van der Waals surface area contributed by atoms with E-state index in [1.165, 1.54) is 205 Å². The minimum atomic E-state index is -0.659. The Balaban J connectivity index is -0.000000762. The molecule has 318 valence electrons. The third-order valence-corrected chi connectivity index (χ3v) is 14.4. The SMILES string of the molecule is CCCCCCCCCCCC(=O)O.CCCCCCCCCCCC(=O)O.CCCCCCCCCCC[CH2][Sn][CH2]CCCCCCCCCCC. The van der Waals surface area contributed by atoms with E-state index in [0.717, 1.165) is 25.7 Å². The molecule has 0 spiro atoms. The Labute approximate surface area is 344 Å². The van der Waals surface area contributed by atoms with Gasteiger partial charge in [-0.05, 0) is 12.8 Å². The molecule has 0 unspecified atom stereocenters. The molecule has 0 aliphatic rings. The van der Waals surface area contributed by atoms with E-state index in [9.17, 15) is 9.59 Å². The van der Waals surface area contributed by atoms with Crippen LogP contribution in [0.1, 0.15) is 285 Å². The Hall–Kier alpha value is -0.261. The summed E-state index contributed by atoms with van der Waals surface area (Å²) in [6.45, 7) is 9.07. The Kier molecular flexibility index (Phi) is 60.4. The van der Waals surface area contributed by atoms with Gasteiger partial charge in [0.1, 0.15) is 0 Å². The number of carboxylic acid groups (broad SMARTS) is 2. The summed E-state index contributed by atoms with van der Waals surface area (Å²) in [5.41, 5.74) is 0. The summed E-state index contributed by atoms with van der Waals surface area (Å²) in [5, 5.41) is 16.8. The molecule has 53 heavy (non-hydrogen) atoms. The first-order chi connectivity index (χ1) is 26.0. The maximum absolute atomic E-state index is 10.2. The maximum atomic E-state index is 10.2. The van der Waals surface area contributed by atoms with E-state index in [1.807, 2.05) is 0 Å². The van der Waals surface area contributed by atoms with E-state index in [4.69, 9.17) is 10.2 Å². The number of hydrogen-bond acceptors (Lipinski definition) is 2. The topological polar surface area (TPSA) is 74.6 Å². The van der Waals surface area contributed by atoms with Crippen molar-refractivity contribution in [1.29, 1.82) is 0 Å². The monoisotopic (exact) mass is 859 g/mol. The second kappa shape index (κ2) is 56.1. The van der Waals surface area contributed by atoms with Gasteiger partial charge in [0.05, 0.1) is 0 Å². The van der Waals surface area contributed by atoms with Gasteiger partial charge in [-0.3, -0.25) is 9.59 Å². The fourth-order valence-electron chi connectivity index (χ4n) is 6.77. The standard InChI is InChI=1S/2C12H24O2.2C12H25.Sn/c2*1-2-3-4-5-6-7-8-9-10-11-12(13)14;2*1-3-5-7-9-11-12-10-8-6-4-2;/h2*2-11H2,1H3,(H,13,14);2*1,3-12H2,2H3;. The molecule has 0 bridgehead atoms. The van der Waals surface area contributed by atoms with E-state index in [0.29, 0.717) is 12.8 Å². The van der Waals surface area contributed by atoms with Crippen LogP contribution in [-0.4, -0.2) is 43.3 Å².